The number of benzene rings is 2. The molecule has 0 amide bonds. The van der Waals surface area contributed by atoms with E-state index in [2.05, 4.69) is 37.4 Å². The topological polar surface area (TPSA) is 909 Å². The molecule has 0 radical (unpaired) electrons. The van der Waals surface area contributed by atoms with Gasteiger partial charge in [0, 0.05) is 38.7 Å². The summed E-state index contributed by atoms with van der Waals surface area (Å²) in [4.78, 5) is 32.9. The SMILES string of the molecule is CO[C@@H]1[C@H](O)[C@@H](NS(=O)(=O)[O-])[C@H](O[C@@H]2[C@@H](O)[C@H](OS(=O)(=O)O)[C@@H](OC[C@@H](O)[C@@H](O)[C@H](O)[C@@H](O)CNc3cccc(N=C([O-])CCCCCC([O-])=Nc4cccc(NC[C@@H](O)[C@H](O)[C@@H](O)[C@@H](O)CO[C@H]5O[C@H](C(=O)[O-])[C@H](O[C@@H]6O[C@@H](COS(=O)(=O)[O-])[C@H](OC)[C@H](O)[C@H]6NS(=O)(=O)[O-])[C@H](O)[C@H]5OS(=O)(=O)O)c4)c3)O[C@@H]2C(=O)[O-])O[C@H]1COS(=O)(=O)[O-].[Na+].[Na+].[Na+].[Na+].[Na+].[Na+].[Na+].[Na+]. The molecule has 4 aliphatic heterocycles. The molecule has 0 saturated carbocycles. The molecule has 6 rings (SSSR count). The van der Waals surface area contributed by atoms with Crippen LogP contribution in [0.2, 0.25) is 0 Å². The molecule has 4 fully saturated rings. The van der Waals surface area contributed by atoms with Gasteiger partial charge in [-0.25, -0.2) is 51.5 Å². The van der Waals surface area contributed by atoms with Crippen LogP contribution in [0.1, 0.15) is 32.1 Å². The van der Waals surface area contributed by atoms with Crippen molar-refractivity contribution < 1.29 is 470 Å². The Kier molecular flexibility index (Phi) is 63.6. The van der Waals surface area contributed by atoms with Gasteiger partial charge in [0.05, 0.1) is 61.9 Å². The average molecular weight is 2030 g/mol. The number of aliphatic hydroxyl groups is 12. The van der Waals surface area contributed by atoms with Crippen LogP contribution in [0, 0.1) is 0 Å². The number of nitrogens with one attached hydrogen (secondary N) is 4. The van der Waals surface area contributed by atoms with Gasteiger partial charge in [-0.05, 0) is 73.9 Å². The summed E-state index contributed by atoms with van der Waals surface area (Å²) >= 11 is 0. The van der Waals surface area contributed by atoms with Crippen molar-refractivity contribution in [3.05, 3.63) is 48.5 Å². The number of rotatable bonds is 48. The number of unbranched alkanes of at least 4 members (excludes halogenated alkanes) is 2. The third kappa shape index (κ3) is 44.5. The average Bonchev–Trinajstić information content (AvgIpc) is 0.769. The molecule has 127 heavy (non-hydrogen) atoms. The number of anilines is 2. The van der Waals surface area contributed by atoms with Crippen molar-refractivity contribution in [2.75, 3.05) is 64.4 Å². The standard InChI is InChI=1S/C57H90N6O50S6.8Na/c1-100-44-30(20-104-116(88,89)90)106-54(34(40(44)74)62-114(82,83)84)108-46-42(76)48(112-118(94,95)96)56(110-50(46)52(78)79)102-18-28(66)38(72)36(70)26(64)16-58-22-8-6-10-24(14-22)60-32(68)12-4-3-5-13-33(69)61-25-11-7-9-23(15-25)59-17-27(65)37(71)39(73)29(67)19-103-57-49(113-119(97,98)99)43(77)47(51(111-57)53(80)81)109-55-35(63-115(85,86)87)41(75)45(101-2)31(107-55)21-105-117(91,92)93;;;;;;;;/h6-11,14-15,26-31,34-51,54-59,62-67,70-77H,3-5,12-13,16-21H2,1-2H3,(H,60,68)(H,61,69)(H,78,79)(H,80,81)(H,82,83,84)(H,85,86,87)(H,88,89,90)(H,91,92,93)(H,94,95,96)(H,97,98,99);;;;;;;;/q;8*+1/p-8/t26-,27+,28+,29-,30-,31-,34+,35+,36+,37-,38+,39-,40+,41+,42+,43-,44-,45-,46+,47+,48-,49+,50-,51-,54-,55-,56-,57-;;;;;;;;/m0......../s1. The Bertz CT molecular complexity index is 4180. The number of aliphatic carboxylic acids is 2. The van der Waals surface area contributed by atoms with Crippen LogP contribution in [0.5, 0.6) is 0 Å². The van der Waals surface area contributed by atoms with Crippen LogP contribution in [0.15, 0.2) is 58.5 Å². The Balaban J connectivity index is -0.0000192. The van der Waals surface area contributed by atoms with Gasteiger partial charge >= 0.3 is 257 Å². The number of methoxy groups -OCH3 is 2. The summed E-state index contributed by atoms with van der Waals surface area (Å²) in [5.74, 6) is -6.02. The van der Waals surface area contributed by atoms with E-state index in [0.717, 1.165) is 14.2 Å². The van der Waals surface area contributed by atoms with Crippen LogP contribution >= 0.6 is 0 Å². The van der Waals surface area contributed by atoms with Gasteiger partial charge in [-0.15, -0.1) is 0 Å². The number of carbonyl (C=O) groups is 2. The first-order valence-electron chi connectivity index (χ1n) is 34.0. The summed E-state index contributed by atoms with van der Waals surface area (Å²) in [6.07, 6.45) is -62.4. The fraction of sp³-hybridized carbons (Fsp3) is 0.719. The molecule has 0 bridgehead atoms. The Morgan fingerprint density at radius 1 is 0.441 bits per heavy atom. The second-order valence-corrected chi connectivity index (χ2v) is 32.5. The molecule has 28 atom stereocenters. The molecule has 4 heterocycles. The molecule has 684 valence electrons. The molecule has 0 unspecified atom stereocenters. The van der Waals surface area contributed by atoms with Gasteiger partial charge in [-0.3, -0.25) is 27.5 Å². The molecule has 0 spiro atoms. The van der Waals surface area contributed by atoms with Crippen LogP contribution in [-0.2, 0) is 136 Å². The third-order valence-electron chi connectivity index (χ3n) is 17.4. The number of aliphatic hydroxyl groups excluding tert-OH is 12. The zero-order valence-electron chi connectivity index (χ0n) is 68.9. The number of hydrogen-bond donors (Lipinski definition) is 18. The molecule has 4 aliphatic rings. The first kappa shape index (κ1) is 133. The van der Waals surface area contributed by atoms with Gasteiger partial charge in [-0.2, -0.15) is 16.8 Å². The minimum atomic E-state index is -5.77. The van der Waals surface area contributed by atoms with Gasteiger partial charge in [0.25, 0.3) is 0 Å². The molecule has 56 nitrogen and oxygen atoms in total. The normalized spacial score (nSPS) is 28.7. The van der Waals surface area contributed by atoms with Gasteiger partial charge in [0.2, 0.25) is 20.8 Å². The minimum absolute atomic E-state index is 0. The van der Waals surface area contributed by atoms with Crippen molar-refractivity contribution in [1.29, 1.82) is 0 Å². The zero-order valence-corrected chi connectivity index (χ0v) is 89.8. The van der Waals surface area contributed by atoms with E-state index in [-0.39, 0.29) is 285 Å². The predicted molar refractivity (Wildman–Crippen MR) is 365 cm³/mol. The van der Waals surface area contributed by atoms with Crippen molar-refractivity contribution in [1.82, 2.24) is 9.44 Å². The van der Waals surface area contributed by atoms with Crippen LogP contribution in [0.25, 0.3) is 0 Å². The van der Waals surface area contributed by atoms with E-state index in [9.17, 15) is 169 Å². The van der Waals surface area contributed by atoms with Crippen molar-refractivity contribution in [2.24, 2.45) is 9.98 Å². The van der Waals surface area contributed by atoms with Gasteiger partial charge in [0.1, 0.15) is 122 Å². The number of carbonyl (C=O) groups excluding carboxylic acids is 2. The molecular formula is C57H82N6Na8O50S6. The molecule has 70 heteroatoms. The summed E-state index contributed by atoms with van der Waals surface area (Å²) in [7, 11) is -32.3. The Morgan fingerprint density at radius 3 is 1.04 bits per heavy atom. The maximum Gasteiger partial charge on any atom is 1.00 e. The number of carboxylic acid groups (broad SMARTS) is 2. The number of ether oxygens (including phenoxy) is 10. The summed E-state index contributed by atoms with van der Waals surface area (Å²) in [6, 6.07) is 6.32. The maximum absolute atomic E-state index is 12.9. The maximum atomic E-state index is 12.9. The predicted octanol–water partition coefficient (Wildman–Crippen LogP) is -40.3. The first-order chi connectivity index (χ1) is 55.1. The second kappa shape index (κ2) is 60.5. The Labute approximate surface area is 902 Å². The van der Waals surface area contributed by atoms with Gasteiger partial charge < -0.3 is 168 Å². The summed E-state index contributed by atoms with van der Waals surface area (Å²) in [5.41, 5.74) is 0.476. The smallest absolute Gasteiger partial charge is 0.862 e. The minimum Gasteiger partial charge on any atom is -0.862 e. The number of hydrogen-bond acceptors (Lipinski definition) is 52. The van der Waals surface area contributed by atoms with Crippen LogP contribution < -0.4 is 277 Å². The molecular weight excluding hydrogens is 1940 g/mol. The number of carboxylic acids is 2. The Hall–Kier alpha value is 2.26. The Morgan fingerprint density at radius 2 is 0.756 bits per heavy atom. The van der Waals surface area contributed by atoms with Crippen LogP contribution in [0.3, 0.4) is 0 Å². The second-order valence-electron chi connectivity index (χ2n) is 26.0. The first-order valence-corrected chi connectivity index (χ1v) is 42.2. The fourth-order valence-electron chi connectivity index (χ4n) is 11.9. The third-order valence-corrected chi connectivity index (χ3v) is 20.3. The van der Waals surface area contributed by atoms with E-state index >= 15 is 0 Å². The quantitative estimate of drug-likeness (QED) is 0.00730. The summed E-state index contributed by atoms with van der Waals surface area (Å²) in [5, 5.41) is 187. The van der Waals surface area contributed by atoms with Gasteiger partial charge in [-0.1, -0.05) is 18.6 Å². The van der Waals surface area contributed by atoms with Crippen molar-refractivity contribution in [3.63, 3.8) is 0 Å². The van der Waals surface area contributed by atoms with E-state index in [4.69, 9.17) is 47.4 Å². The van der Waals surface area contributed by atoms with Crippen molar-refractivity contribution >= 4 is 109 Å². The number of nitrogens with zero attached hydrogens (tertiary/aromatic N) is 2. The van der Waals surface area contributed by atoms with E-state index in [1.54, 1.807) is 0 Å². The molecule has 4 saturated heterocycles. The fourth-order valence-corrected chi connectivity index (χ4v) is 14.6. The van der Waals surface area contributed by atoms with Crippen LogP contribution in [-0.4, -0.2) is 388 Å². The van der Waals surface area contributed by atoms with Crippen molar-refractivity contribution in [2.45, 2.75) is 204 Å². The summed E-state index contributed by atoms with van der Waals surface area (Å²) < 4.78 is 277. The molecule has 2 aromatic rings. The summed E-state index contributed by atoms with van der Waals surface area (Å²) in [6.45, 7) is -6.61. The monoisotopic (exact) mass is 2030 g/mol. The van der Waals surface area contributed by atoms with Crippen molar-refractivity contribution in [3.8, 4) is 0 Å². The molecule has 0 aromatic heterocycles. The zero-order chi connectivity index (χ0) is 89.4. The van der Waals surface area contributed by atoms with E-state index in [1.165, 1.54) is 58.0 Å². The van der Waals surface area contributed by atoms with Gasteiger partial charge in [0.15, 0.2) is 58.0 Å². The largest absolute Gasteiger partial charge is 1.00 e. The number of aliphatic imine (C=N–C) groups is 2. The van der Waals surface area contributed by atoms with E-state index in [1.807, 2.05) is 0 Å². The molecule has 2 aromatic carbocycles. The molecule has 18 N–H and O–H groups in total. The molecule has 0 aliphatic carbocycles. The van der Waals surface area contributed by atoms with E-state index < -0.39 is 297 Å². The van der Waals surface area contributed by atoms with E-state index in [0.29, 0.717) is 6.42 Å². The van der Waals surface area contributed by atoms with Crippen LogP contribution in [0.4, 0.5) is 22.7 Å².